The number of hydrogen-bond donors (Lipinski definition) is 2. The van der Waals surface area contributed by atoms with Crippen molar-refractivity contribution < 1.29 is 14.7 Å². The smallest absolute Gasteiger partial charge is 0.355 e. The Balaban J connectivity index is 1.88. The second-order valence-electron chi connectivity index (χ2n) is 3.92. The lowest BCUT2D eigenvalue weighted by atomic mass is 10.2. The molecule has 7 heteroatoms. The Morgan fingerprint density at radius 3 is 2.75 bits per heavy atom. The third-order valence-electron chi connectivity index (χ3n) is 2.51. The van der Waals surface area contributed by atoms with Gasteiger partial charge in [0.1, 0.15) is 0 Å². The van der Waals surface area contributed by atoms with Crippen LogP contribution in [0.15, 0.2) is 34.1 Å². The van der Waals surface area contributed by atoms with Gasteiger partial charge in [0.15, 0.2) is 5.69 Å². The minimum absolute atomic E-state index is 0.0436. The van der Waals surface area contributed by atoms with Crippen LogP contribution in [0.3, 0.4) is 0 Å². The Labute approximate surface area is 127 Å². The first-order valence-electron chi connectivity index (χ1n) is 5.78. The number of nitrogens with one attached hydrogen (secondary N) is 1. The third-order valence-corrected chi connectivity index (χ3v) is 4.11. The molecule has 20 heavy (non-hydrogen) atoms. The molecule has 0 atom stereocenters. The molecule has 0 radical (unpaired) electrons. The fraction of sp³-hybridized carbons (Fsp3) is 0.154. The number of nitrogens with zero attached hydrogens (tertiary/aromatic N) is 1. The second-order valence-corrected chi connectivity index (χ2v) is 5.71. The van der Waals surface area contributed by atoms with Crippen LogP contribution < -0.4 is 5.32 Å². The van der Waals surface area contributed by atoms with E-state index in [0.29, 0.717) is 23.5 Å². The number of carbonyl (C=O) groups excluding carboxylic acids is 1. The van der Waals surface area contributed by atoms with Gasteiger partial charge in [0.2, 0.25) is 0 Å². The van der Waals surface area contributed by atoms with Gasteiger partial charge in [-0.2, -0.15) is 0 Å². The Morgan fingerprint density at radius 2 is 2.10 bits per heavy atom. The van der Waals surface area contributed by atoms with E-state index in [-0.39, 0.29) is 11.6 Å². The predicted octanol–water partition coefficient (Wildman–Crippen LogP) is 2.58. The first-order chi connectivity index (χ1) is 9.58. The molecule has 2 rings (SSSR count). The number of rotatable bonds is 5. The number of aromatic carboxylic acids is 1. The highest BCUT2D eigenvalue weighted by Gasteiger charge is 2.10. The van der Waals surface area contributed by atoms with Gasteiger partial charge in [-0.15, -0.1) is 11.3 Å². The standard InChI is InChI=1S/C13H11BrN2O3S/c14-9-4-2-1-3-8(9)12(17)15-6-5-11-16-10(7-20-11)13(18)19/h1-4,7H,5-6H2,(H,15,17)(H,18,19). The number of carboxylic acid groups (broad SMARTS) is 1. The fourth-order valence-corrected chi connectivity index (χ4v) is 2.78. The lowest BCUT2D eigenvalue weighted by molar-refractivity contribution is 0.0690. The first kappa shape index (κ1) is 14.7. The van der Waals surface area contributed by atoms with Gasteiger partial charge in [-0.1, -0.05) is 12.1 Å². The molecule has 1 aromatic heterocycles. The summed E-state index contributed by atoms with van der Waals surface area (Å²) in [6, 6.07) is 7.16. The molecule has 0 aliphatic rings. The number of thiazole rings is 1. The minimum Gasteiger partial charge on any atom is -0.476 e. The van der Waals surface area contributed by atoms with E-state index in [9.17, 15) is 9.59 Å². The monoisotopic (exact) mass is 354 g/mol. The Hall–Kier alpha value is -1.73. The number of aromatic nitrogens is 1. The van der Waals surface area contributed by atoms with Crippen molar-refractivity contribution in [3.8, 4) is 0 Å². The van der Waals surface area contributed by atoms with E-state index < -0.39 is 5.97 Å². The summed E-state index contributed by atoms with van der Waals surface area (Å²) in [6.45, 7) is 0.409. The van der Waals surface area contributed by atoms with E-state index in [0.717, 1.165) is 4.47 Å². The van der Waals surface area contributed by atoms with Crippen molar-refractivity contribution in [2.24, 2.45) is 0 Å². The predicted molar refractivity (Wildman–Crippen MR) is 79.3 cm³/mol. The number of benzene rings is 1. The topological polar surface area (TPSA) is 79.3 Å². The maximum Gasteiger partial charge on any atom is 0.355 e. The summed E-state index contributed by atoms with van der Waals surface area (Å²) in [6.07, 6.45) is 0.508. The number of hydrogen-bond acceptors (Lipinski definition) is 4. The lowest BCUT2D eigenvalue weighted by Gasteiger charge is -2.05. The number of halogens is 1. The zero-order valence-electron chi connectivity index (χ0n) is 10.3. The summed E-state index contributed by atoms with van der Waals surface area (Å²) in [7, 11) is 0. The van der Waals surface area contributed by atoms with Gasteiger partial charge in [-0.05, 0) is 28.1 Å². The molecule has 0 unspecified atom stereocenters. The van der Waals surface area contributed by atoms with E-state index in [1.54, 1.807) is 18.2 Å². The highest BCUT2D eigenvalue weighted by molar-refractivity contribution is 9.10. The molecule has 0 fully saturated rings. The van der Waals surface area contributed by atoms with E-state index in [1.165, 1.54) is 16.7 Å². The summed E-state index contributed by atoms with van der Waals surface area (Å²) in [5.74, 6) is -1.21. The van der Waals surface area contributed by atoms with Crippen molar-refractivity contribution in [1.82, 2.24) is 10.3 Å². The summed E-state index contributed by atoms with van der Waals surface area (Å²) in [4.78, 5) is 26.6. The third kappa shape index (κ3) is 3.64. The zero-order valence-corrected chi connectivity index (χ0v) is 12.7. The van der Waals surface area contributed by atoms with Gasteiger partial charge >= 0.3 is 5.97 Å². The summed E-state index contributed by atoms with van der Waals surface area (Å²) >= 11 is 4.59. The van der Waals surface area contributed by atoms with Crippen molar-refractivity contribution in [2.75, 3.05) is 6.54 Å². The maximum absolute atomic E-state index is 11.9. The molecule has 0 saturated carbocycles. The molecule has 0 saturated heterocycles. The molecular formula is C13H11BrN2O3S. The van der Waals surface area contributed by atoms with E-state index >= 15 is 0 Å². The van der Waals surface area contributed by atoms with Crippen LogP contribution in [-0.4, -0.2) is 28.5 Å². The second kappa shape index (κ2) is 6.62. The van der Waals surface area contributed by atoms with E-state index in [2.05, 4.69) is 26.2 Å². The van der Waals surface area contributed by atoms with Crippen LogP contribution in [-0.2, 0) is 6.42 Å². The highest BCUT2D eigenvalue weighted by atomic mass is 79.9. The molecule has 0 aliphatic carbocycles. The molecule has 0 spiro atoms. The van der Waals surface area contributed by atoms with Crippen LogP contribution in [0.25, 0.3) is 0 Å². The normalized spacial score (nSPS) is 10.2. The van der Waals surface area contributed by atoms with Crippen molar-refractivity contribution in [3.05, 3.63) is 50.4 Å². The zero-order chi connectivity index (χ0) is 14.5. The first-order valence-corrected chi connectivity index (χ1v) is 7.45. The Morgan fingerprint density at radius 1 is 1.35 bits per heavy atom. The van der Waals surface area contributed by atoms with E-state index in [4.69, 9.17) is 5.11 Å². The van der Waals surface area contributed by atoms with Gasteiger partial charge in [-0.25, -0.2) is 9.78 Å². The number of carboxylic acids is 1. The summed E-state index contributed by atoms with van der Waals surface area (Å²) < 4.78 is 0.736. The molecule has 1 heterocycles. The average Bonchev–Trinajstić information content (AvgIpc) is 2.88. The molecular weight excluding hydrogens is 344 g/mol. The minimum atomic E-state index is -1.04. The summed E-state index contributed by atoms with van der Waals surface area (Å²) in [5, 5.41) is 13.7. The molecule has 1 aromatic carbocycles. The van der Waals surface area contributed by atoms with Crippen LogP contribution in [0.4, 0.5) is 0 Å². The van der Waals surface area contributed by atoms with Gasteiger partial charge in [0.05, 0.1) is 10.6 Å². The Kier molecular flexibility index (Phi) is 4.86. The number of amides is 1. The Bertz CT molecular complexity index is 642. The molecule has 2 aromatic rings. The quantitative estimate of drug-likeness (QED) is 0.864. The molecule has 104 valence electrons. The van der Waals surface area contributed by atoms with Crippen LogP contribution >= 0.6 is 27.3 Å². The SMILES string of the molecule is O=C(O)c1csc(CCNC(=O)c2ccccc2Br)n1. The molecule has 0 aliphatic heterocycles. The van der Waals surface area contributed by atoms with Gasteiger partial charge in [0, 0.05) is 22.8 Å². The van der Waals surface area contributed by atoms with Crippen LogP contribution in [0.2, 0.25) is 0 Å². The van der Waals surface area contributed by atoms with Crippen LogP contribution in [0, 0.1) is 0 Å². The van der Waals surface area contributed by atoms with Gasteiger partial charge in [0.25, 0.3) is 5.91 Å². The van der Waals surface area contributed by atoms with Crippen molar-refractivity contribution in [1.29, 1.82) is 0 Å². The van der Waals surface area contributed by atoms with Crippen molar-refractivity contribution in [3.63, 3.8) is 0 Å². The van der Waals surface area contributed by atoms with Crippen molar-refractivity contribution >= 4 is 39.1 Å². The number of carbonyl (C=O) groups is 2. The molecule has 2 N–H and O–H groups in total. The largest absolute Gasteiger partial charge is 0.476 e. The molecule has 1 amide bonds. The lowest BCUT2D eigenvalue weighted by Crippen LogP contribution is -2.26. The highest BCUT2D eigenvalue weighted by Crippen LogP contribution is 2.15. The fourth-order valence-electron chi connectivity index (χ4n) is 1.55. The van der Waals surface area contributed by atoms with Gasteiger partial charge in [-0.3, -0.25) is 4.79 Å². The van der Waals surface area contributed by atoms with Crippen LogP contribution in [0.1, 0.15) is 25.9 Å². The van der Waals surface area contributed by atoms with Crippen molar-refractivity contribution in [2.45, 2.75) is 6.42 Å². The van der Waals surface area contributed by atoms with Gasteiger partial charge < -0.3 is 10.4 Å². The van der Waals surface area contributed by atoms with E-state index in [1.807, 2.05) is 6.07 Å². The summed E-state index contributed by atoms with van der Waals surface area (Å²) in [5.41, 5.74) is 0.611. The average molecular weight is 355 g/mol. The maximum atomic E-state index is 11.9. The molecule has 0 bridgehead atoms. The van der Waals surface area contributed by atoms with Crippen LogP contribution in [0.5, 0.6) is 0 Å². The molecule has 5 nitrogen and oxygen atoms in total.